The molecule has 7 nitrogen and oxygen atoms in total. The van der Waals surface area contributed by atoms with E-state index >= 15 is 0 Å². The van der Waals surface area contributed by atoms with E-state index < -0.39 is 0 Å². The van der Waals surface area contributed by atoms with E-state index in [9.17, 15) is 4.79 Å². The van der Waals surface area contributed by atoms with Crippen LogP contribution in [0.5, 0.6) is 0 Å². The van der Waals surface area contributed by atoms with Crippen LogP contribution in [-0.2, 0) is 0 Å². The molecule has 90 valence electrons. The predicted molar refractivity (Wildman–Crippen MR) is 71.6 cm³/mol. The minimum atomic E-state index is -0.314. The van der Waals surface area contributed by atoms with Crippen molar-refractivity contribution in [2.24, 2.45) is 0 Å². The van der Waals surface area contributed by atoms with E-state index in [-0.39, 0.29) is 35.6 Å². The van der Waals surface area contributed by atoms with Crippen LogP contribution < -0.4 is 10.6 Å². The van der Waals surface area contributed by atoms with Gasteiger partial charge in [0.2, 0.25) is 5.16 Å². The Kier molecular flexibility index (Phi) is 5.60. The zero-order valence-corrected chi connectivity index (χ0v) is 9.85. The molecule has 2 aromatic rings. The van der Waals surface area contributed by atoms with Gasteiger partial charge in [0.05, 0.1) is 11.4 Å². The fourth-order valence-corrected chi connectivity index (χ4v) is 1.47. The third kappa shape index (κ3) is 3.22. The number of urea groups is 1. The summed E-state index contributed by atoms with van der Waals surface area (Å²) in [7, 11) is 1.54. The van der Waals surface area contributed by atoms with Gasteiger partial charge in [0.1, 0.15) is 0 Å². The van der Waals surface area contributed by atoms with E-state index in [1.807, 2.05) is 6.07 Å². The molecular weight excluding hydrogens is 263 g/mol. The van der Waals surface area contributed by atoms with Crippen molar-refractivity contribution >= 4 is 53.9 Å². The fourth-order valence-electron chi connectivity index (χ4n) is 1.29. The number of hydrogen-bond acceptors (Lipinski definition) is 5. The number of tetrazole rings is 1. The van der Waals surface area contributed by atoms with Gasteiger partial charge in [-0.15, -0.1) is 17.7 Å². The van der Waals surface area contributed by atoms with Crippen LogP contribution in [-0.4, -0.2) is 62.8 Å². The number of rotatable bonds is 2. The van der Waals surface area contributed by atoms with Crippen molar-refractivity contribution in [3.05, 3.63) is 24.3 Å². The molecule has 0 radical (unpaired) electrons. The van der Waals surface area contributed by atoms with Gasteiger partial charge in [-0.2, -0.15) is 4.68 Å². The monoisotopic (exact) mass is 274 g/mol. The van der Waals surface area contributed by atoms with Crippen LogP contribution in [0.25, 0.3) is 5.69 Å². The van der Waals surface area contributed by atoms with Crippen LogP contribution >= 0.6 is 12.6 Å². The van der Waals surface area contributed by atoms with Gasteiger partial charge >= 0.3 is 35.6 Å². The maximum atomic E-state index is 11.3. The summed E-state index contributed by atoms with van der Waals surface area (Å²) in [6.07, 6.45) is 0. The predicted octanol–water partition coefficient (Wildman–Crippen LogP) is 0.0538. The second-order valence-corrected chi connectivity index (χ2v) is 3.51. The number of anilines is 1. The van der Waals surface area contributed by atoms with Crippen LogP contribution in [0.2, 0.25) is 0 Å². The molecule has 0 saturated carbocycles. The van der Waals surface area contributed by atoms with E-state index in [1.165, 1.54) is 4.68 Å². The standard InChI is InChI=1S/C9H10N6OS.Na.H/c1-10-8(16)11-6-4-2-3-5-7(6)15-9(17)12-13-14-15;;/h2-5H,1H3,(H2,10,11,16)(H,12,14,17);;. The zero-order valence-electron chi connectivity index (χ0n) is 8.95. The first-order valence-electron chi connectivity index (χ1n) is 4.78. The van der Waals surface area contributed by atoms with Crippen molar-refractivity contribution in [2.75, 3.05) is 12.4 Å². The van der Waals surface area contributed by atoms with Crippen LogP contribution in [0.3, 0.4) is 0 Å². The van der Waals surface area contributed by atoms with Crippen LogP contribution in [0, 0.1) is 0 Å². The molecule has 9 heteroatoms. The molecule has 2 rings (SSSR count). The number of carbonyl (C=O) groups excluding carboxylic acids is 1. The van der Waals surface area contributed by atoms with Crippen LogP contribution in [0.15, 0.2) is 29.4 Å². The molecule has 0 spiro atoms. The Bertz CT molecular complexity index is 545. The summed E-state index contributed by atoms with van der Waals surface area (Å²) >= 11 is 4.12. The van der Waals surface area contributed by atoms with Crippen molar-refractivity contribution in [2.45, 2.75) is 5.16 Å². The van der Waals surface area contributed by atoms with Crippen LogP contribution in [0.4, 0.5) is 10.5 Å². The van der Waals surface area contributed by atoms with Crippen LogP contribution in [0.1, 0.15) is 0 Å². The summed E-state index contributed by atoms with van der Waals surface area (Å²) in [6, 6.07) is 6.84. The molecule has 1 aromatic carbocycles. The van der Waals surface area contributed by atoms with Gasteiger partial charge in [-0.25, -0.2) is 4.79 Å². The number of nitrogens with one attached hydrogen (secondary N) is 2. The molecule has 0 aliphatic heterocycles. The molecule has 2 amide bonds. The maximum absolute atomic E-state index is 11.3. The Morgan fingerprint density at radius 1 is 1.39 bits per heavy atom. The summed E-state index contributed by atoms with van der Waals surface area (Å²) < 4.78 is 1.42. The van der Waals surface area contributed by atoms with Gasteiger partial charge in [0.25, 0.3) is 0 Å². The third-order valence-electron chi connectivity index (χ3n) is 2.06. The molecule has 18 heavy (non-hydrogen) atoms. The van der Waals surface area contributed by atoms with Gasteiger partial charge in [0, 0.05) is 7.05 Å². The molecule has 0 aliphatic rings. The summed E-state index contributed by atoms with van der Waals surface area (Å²) in [5.41, 5.74) is 1.24. The Morgan fingerprint density at radius 3 is 2.72 bits per heavy atom. The molecule has 2 N–H and O–H groups in total. The summed E-state index contributed by atoms with van der Waals surface area (Å²) in [4.78, 5) is 11.3. The van der Waals surface area contributed by atoms with Gasteiger partial charge < -0.3 is 10.6 Å². The SMILES string of the molecule is CNC(=O)Nc1ccccc1-n1nnnc1S.[NaH]. The second-order valence-electron chi connectivity index (χ2n) is 3.11. The number of nitrogens with zero attached hydrogens (tertiary/aromatic N) is 4. The fraction of sp³-hybridized carbons (Fsp3) is 0.111. The first kappa shape index (κ1) is 15.0. The molecule has 1 aromatic heterocycles. The summed E-state index contributed by atoms with van der Waals surface area (Å²) in [5, 5.41) is 16.4. The molecule has 0 fully saturated rings. The van der Waals surface area contributed by atoms with E-state index in [4.69, 9.17) is 0 Å². The first-order valence-corrected chi connectivity index (χ1v) is 5.22. The van der Waals surface area contributed by atoms with Crippen molar-refractivity contribution < 1.29 is 4.79 Å². The first-order chi connectivity index (χ1) is 8.22. The number of carbonyl (C=O) groups is 1. The molecular formula is C9H11N6NaOS. The van der Waals surface area contributed by atoms with Gasteiger partial charge in [-0.05, 0) is 22.6 Å². The normalized spacial score (nSPS) is 9.44. The molecule has 0 unspecified atom stereocenters. The van der Waals surface area contributed by atoms with Gasteiger partial charge in [-0.1, -0.05) is 12.1 Å². The number of thiol groups is 1. The summed E-state index contributed by atoms with van der Waals surface area (Å²) in [6.45, 7) is 0. The number of benzene rings is 1. The van der Waals surface area contributed by atoms with Crippen molar-refractivity contribution in [1.82, 2.24) is 25.5 Å². The molecule has 1 heterocycles. The Hall–Kier alpha value is -1.09. The number of aromatic nitrogens is 4. The van der Waals surface area contributed by atoms with Crippen molar-refractivity contribution in [3.8, 4) is 5.69 Å². The van der Waals surface area contributed by atoms with E-state index in [0.29, 0.717) is 16.5 Å². The molecule has 0 aliphatic carbocycles. The molecule has 0 saturated heterocycles. The average molecular weight is 274 g/mol. The van der Waals surface area contributed by atoms with Crippen molar-refractivity contribution in [3.63, 3.8) is 0 Å². The average Bonchev–Trinajstić information content (AvgIpc) is 2.76. The van der Waals surface area contributed by atoms with Gasteiger partial charge in [0.15, 0.2) is 0 Å². The van der Waals surface area contributed by atoms with E-state index in [2.05, 4.69) is 38.8 Å². The minimum absolute atomic E-state index is 0. The van der Waals surface area contributed by atoms with Crippen molar-refractivity contribution in [1.29, 1.82) is 0 Å². The number of amides is 2. The van der Waals surface area contributed by atoms with E-state index in [0.717, 1.165) is 0 Å². The quantitative estimate of drug-likeness (QED) is 0.534. The Morgan fingerprint density at radius 2 is 2.11 bits per heavy atom. The third-order valence-corrected chi connectivity index (χ3v) is 2.34. The Balaban J connectivity index is 0.00000162. The number of hydrogen-bond donors (Lipinski definition) is 3. The number of para-hydroxylation sites is 2. The second kappa shape index (κ2) is 6.74. The topological polar surface area (TPSA) is 84.7 Å². The molecule has 0 atom stereocenters. The Labute approximate surface area is 131 Å². The van der Waals surface area contributed by atoms with E-state index in [1.54, 1.807) is 25.2 Å². The summed E-state index contributed by atoms with van der Waals surface area (Å²) in [5.74, 6) is 0. The van der Waals surface area contributed by atoms with Gasteiger partial charge in [-0.3, -0.25) is 0 Å². The zero-order chi connectivity index (χ0) is 12.3. The molecule has 0 bridgehead atoms.